The number of carbonyl (C=O) groups excluding carboxylic acids is 1. The number of hydrogen-bond acceptors (Lipinski definition) is 5. The Morgan fingerprint density at radius 2 is 1.93 bits per heavy atom. The van der Waals surface area contributed by atoms with Crippen LogP contribution in [0.4, 0.5) is 5.00 Å². The van der Waals surface area contributed by atoms with Crippen molar-refractivity contribution < 1.29 is 9.53 Å². The van der Waals surface area contributed by atoms with Crippen LogP contribution in [0.15, 0.2) is 29.3 Å². The van der Waals surface area contributed by atoms with E-state index < -0.39 is 11.6 Å². The lowest BCUT2D eigenvalue weighted by molar-refractivity contribution is -0.154. The number of thiocarbonyl (C=S) groups is 1. The minimum Gasteiger partial charge on any atom is -0.460 e. The topological polar surface area (TPSA) is 50.7 Å². The summed E-state index contributed by atoms with van der Waals surface area (Å²) in [5, 5.41) is 4.94. The third-order valence-corrected chi connectivity index (χ3v) is 6.09. The number of fused-ring (bicyclic) bond motifs is 1. The predicted octanol–water partition coefficient (Wildman–Crippen LogP) is 5.71. The Morgan fingerprint density at radius 1 is 1.29 bits per heavy atom. The van der Waals surface area contributed by atoms with Crippen LogP contribution in [0.1, 0.15) is 48.8 Å². The lowest BCUT2D eigenvalue weighted by Crippen LogP contribution is -2.31. The molecule has 0 bridgehead atoms. The van der Waals surface area contributed by atoms with E-state index in [4.69, 9.17) is 33.5 Å². The quantitative estimate of drug-likeness (QED) is 0.496. The minimum atomic E-state index is -0.550. The van der Waals surface area contributed by atoms with Gasteiger partial charge in [-0.2, -0.15) is 0 Å². The van der Waals surface area contributed by atoms with Crippen molar-refractivity contribution in [1.82, 2.24) is 0 Å². The maximum atomic E-state index is 12.4. The zero-order valence-corrected chi connectivity index (χ0v) is 18.9. The first-order valence-electron chi connectivity index (χ1n) is 9.02. The Hall–Kier alpha value is -1.76. The third kappa shape index (κ3) is 4.62. The maximum Gasteiger partial charge on any atom is 0.308 e. The number of nitrogens with one attached hydrogen (secondary N) is 1. The van der Waals surface area contributed by atoms with E-state index in [0.29, 0.717) is 10.0 Å². The summed E-state index contributed by atoms with van der Waals surface area (Å²) in [6.45, 7) is 9.70. The van der Waals surface area contributed by atoms with E-state index in [2.05, 4.69) is 19.2 Å². The standard InChI is InChI=1S/C21H23ClN2O2S2/c1-11-12(2)28-20-17(11)18(13-6-8-14(22)9-7-13)23-15(19(27)24-20)10-16(25)26-21(3,4)5/h6-9,15H,10H2,1-5H3,(H,24,27)/t15-/m1/s1. The summed E-state index contributed by atoms with van der Waals surface area (Å²) in [5.74, 6) is -0.320. The Morgan fingerprint density at radius 3 is 2.54 bits per heavy atom. The minimum absolute atomic E-state index is 0.0904. The van der Waals surface area contributed by atoms with Crippen molar-refractivity contribution in [3.63, 3.8) is 0 Å². The fraction of sp³-hybridized carbons (Fsp3) is 0.381. The molecule has 1 aromatic heterocycles. The van der Waals surface area contributed by atoms with Gasteiger partial charge in [-0.1, -0.05) is 36.0 Å². The van der Waals surface area contributed by atoms with Crippen LogP contribution in [0.25, 0.3) is 0 Å². The molecule has 0 unspecified atom stereocenters. The van der Waals surface area contributed by atoms with E-state index in [9.17, 15) is 4.79 Å². The van der Waals surface area contributed by atoms with Gasteiger partial charge in [-0.3, -0.25) is 9.79 Å². The van der Waals surface area contributed by atoms with Crippen molar-refractivity contribution in [2.75, 3.05) is 5.32 Å². The van der Waals surface area contributed by atoms with Crippen LogP contribution in [-0.2, 0) is 9.53 Å². The van der Waals surface area contributed by atoms with Crippen LogP contribution in [0.2, 0.25) is 5.02 Å². The van der Waals surface area contributed by atoms with Gasteiger partial charge in [-0.15, -0.1) is 11.3 Å². The van der Waals surface area contributed by atoms with Crippen molar-refractivity contribution in [2.24, 2.45) is 4.99 Å². The first-order valence-corrected chi connectivity index (χ1v) is 10.6. The van der Waals surface area contributed by atoms with Crippen molar-refractivity contribution in [2.45, 2.75) is 52.7 Å². The number of benzene rings is 1. The monoisotopic (exact) mass is 434 g/mol. The molecule has 2 heterocycles. The van der Waals surface area contributed by atoms with Gasteiger partial charge in [0.05, 0.1) is 12.1 Å². The zero-order chi connectivity index (χ0) is 20.6. The molecule has 1 aliphatic heterocycles. The first kappa shape index (κ1) is 21.0. The van der Waals surface area contributed by atoms with Crippen LogP contribution >= 0.6 is 35.2 Å². The van der Waals surface area contributed by atoms with Gasteiger partial charge in [0.15, 0.2) is 0 Å². The van der Waals surface area contributed by atoms with E-state index >= 15 is 0 Å². The van der Waals surface area contributed by atoms with Crippen molar-refractivity contribution in [3.05, 3.63) is 50.9 Å². The number of hydrogen-bond donors (Lipinski definition) is 1. The molecule has 2 aromatic rings. The van der Waals surface area contributed by atoms with Gasteiger partial charge in [-0.25, -0.2) is 0 Å². The highest BCUT2D eigenvalue weighted by atomic mass is 35.5. The molecule has 3 rings (SSSR count). The lowest BCUT2D eigenvalue weighted by Gasteiger charge is -2.21. The number of halogens is 1. The third-order valence-electron chi connectivity index (χ3n) is 4.34. The molecule has 0 fully saturated rings. The number of carbonyl (C=O) groups is 1. The van der Waals surface area contributed by atoms with Gasteiger partial charge < -0.3 is 10.1 Å². The summed E-state index contributed by atoms with van der Waals surface area (Å²) in [6, 6.07) is 7.07. The Balaban J connectivity index is 2.06. The number of esters is 1. The molecule has 148 valence electrons. The SMILES string of the molecule is Cc1sc2c(c1C)C(c1ccc(Cl)cc1)=N[C@H](CC(=O)OC(C)(C)C)C(=S)N2. The molecule has 4 nitrogen and oxygen atoms in total. The zero-order valence-electron chi connectivity index (χ0n) is 16.6. The molecule has 1 aromatic carbocycles. The van der Waals surface area contributed by atoms with Crippen molar-refractivity contribution in [3.8, 4) is 0 Å². The smallest absolute Gasteiger partial charge is 0.308 e. The molecule has 1 aliphatic rings. The molecule has 0 saturated heterocycles. The molecule has 0 amide bonds. The Bertz CT molecular complexity index is 956. The van der Waals surface area contributed by atoms with Gasteiger partial charge in [0.25, 0.3) is 0 Å². The van der Waals surface area contributed by atoms with E-state index in [1.807, 2.05) is 45.0 Å². The fourth-order valence-electron chi connectivity index (χ4n) is 2.98. The van der Waals surface area contributed by atoms with Crippen molar-refractivity contribution in [1.29, 1.82) is 0 Å². The lowest BCUT2D eigenvalue weighted by atomic mass is 10.00. The highest BCUT2D eigenvalue weighted by molar-refractivity contribution is 7.80. The van der Waals surface area contributed by atoms with Gasteiger partial charge in [0.1, 0.15) is 21.6 Å². The Kier molecular flexibility index (Phi) is 5.94. The summed E-state index contributed by atoms with van der Waals surface area (Å²) in [7, 11) is 0. The summed E-state index contributed by atoms with van der Waals surface area (Å²) < 4.78 is 5.48. The summed E-state index contributed by atoms with van der Waals surface area (Å²) in [5.41, 5.74) is 3.38. The molecule has 0 spiro atoms. The highest BCUT2D eigenvalue weighted by Gasteiger charge is 2.29. The fourth-order valence-corrected chi connectivity index (χ4v) is 4.48. The predicted molar refractivity (Wildman–Crippen MR) is 121 cm³/mol. The molecular formula is C21H23ClN2O2S2. The molecule has 0 saturated carbocycles. The average molecular weight is 435 g/mol. The van der Waals surface area contributed by atoms with Gasteiger partial charge >= 0.3 is 5.97 Å². The van der Waals surface area contributed by atoms with E-state index in [1.165, 1.54) is 4.88 Å². The van der Waals surface area contributed by atoms with Crippen molar-refractivity contribution >= 4 is 56.8 Å². The maximum absolute atomic E-state index is 12.4. The second-order valence-corrected chi connectivity index (χ2v) is 9.87. The number of thiophene rings is 1. The number of anilines is 1. The molecule has 28 heavy (non-hydrogen) atoms. The van der Waals surface area contributed by atoms with E-state index in [-0.39, 0.29) is 12.4 Å². The number of ether oxygens (including phenoxy) is 1. The van der Waals surface area contributed by atoms with Crippen LogP contribution in [0, 0.1) is 13.8 Å². The average Bonchev–Trinajstić information content (AvgIpc) is 2.76. The van der Waals surface area contributed by atoms with Crippen LogP contribution in [0.3, 0.4) is 0 Å². The molecule has 1 atom stereocenters. The molecule has 7 heteroatoms. The van der Waals surface area contributed by atoms with Gasteiger partial charge in [0.2, 0.25) is 0 Å². The number of rotatable bonds is 3. The highest BCUT2D eigenvalue weighted by Crippen LogP contribution is 2.37. The van der Waals surface area contributed by atoms with Crippen LogP contribution < -0.4 is 5.32 Å². The van der Waals surface area contributed by atoms with Gasteiger partial charge in [-0.05, 0) is 52.3 Å². The van der Waals surface area contributed by atoms with E-state index in [1.54, 1.807) is 11.3 Å². The number of nitrogens with zero attached hydrogens (tertiary/aromatic N) is 1. The summed E-state index contributed by atoms with van der Waals surface area (Å²) in [6.07, 6.45) is 0.0904. The van der Waals surface area contributed by atoms with E-state index in [0.717, 1.165) is 27.4 Å². The largest absolute Gasteiger partial charge is 0.460 e. The second-order valence-electron chi connectivity index (χ2n) is 7.77. The van der Waals surface area contributed by atoms with Crippen LogP contribution in [0.5, 0.6) is 0 Å². The molecule has 0 radical (unpaired) electrons. The first-order chi connectivity index (χ1) is 13.0. The summed E-state index contributed by atoms with van der Waals surface area (Å²) >= 11 is 13.3. The molecule has 1 N–H and O–H groups in total. The molecule has 0 aliphatic carbocycles. The normalized spacial score (nSPS) is 16.7. The number of aliphatic imine (C=N–C) groups is 1. The van der Waals surface area contributed by atoms with Crippen LogP contribution in [-0.4, -0.2) is 28.3 Å². The summed E-state index contributed by atoms with van der Waals surface area (Å²) in [4.78, 5) is 19.1. The molecular weight excluding hydrogens is 412 g/mol. The Labute approximate surface area is 180 Å². The number of aryl methyl sites for hydroxylation is 1. The van der Waals surface area contributed by atoms with Gasteiger partial charge in [0, 0.05) is 21.0 Å². The second kappa shape index (κ2) is 7.93.